The Morgan fingerprint density at radius 1 is 0.891 bits per heavy atom. The number of carbonyl (C=O) groups is 2. The number of quaternary nitrogens is 1. The molecule has 55 heavy (non-hydrogen) atoms. The van der Waals surface area contributed by atoms with E-state index in [0.29, 0.717) is 31.6 Å². The van der Waals surface area contributed by atoms with Crippen LogP contribution in [0, 0.1) is 52.3 Å². The van der Waals surface area contributed by atoms with Crippen LogP contribution in [0.15, 0.2) is 23.5 Å². The summed E-state index contributed by atoms with van der Waals surface area (Å²) in [7, 11) is 0. The molecule has 308 valence electrons. The summed E-state index contributed by atoms with van der Waals surface area (Å²) in [5.41, 5.74) is 5.10. The number of hydrogen-bond acceptors (Lipinski definition) is 11. The second-order valence-electron chi connectivity index (χ2n) is 19.6. The van der Waals surface area contributed by atoms with Crippen LogP contribution in [0.4, 0.5) is 0 Å². The van der Waals surface area contributed by atoms with Gasteiger partial charge in [-0.1, -0.05) is 38.2 Å². The Bertz CT molecular complexity index is 1500. The third kappa shape index (κ3) is 7.32. The molecule has 0 aromatic carbocycles. The summed E-state index contributed by atoms with van der Waals surface area (Å²) < 4.78 is 12.6. The van der Waals surface area contributed by atoms with Crippen LogP contribution in [-0.4, -0.2) is 104 Å². The van der Waals surface area contributed by atoms with Gasteiger partial charge < -0.3 is 45.4 Å². The summed E-state index contributed by atoms with van der Waals surface area (Å²) in [6.45, 7) is 0.438. The highest BCUT2D eigenvalue weighted by molar-refractivity contribution is 6.02. The zero-order valence-electron chi connectivity index (χ0n) is 32.5. The number of rotatable bonds is 9. The van der Waals surface area contributed by atoms with Crippen molar-refractivity contribution in [2.75, 3.05) is 19.8 Å². The molecule has 15 atom stereocenters. The Morgan fingerprint density at radius 2 is 1.65 bits per heavy atom. The summed E-state index contributed by atoms with van der Waals surface area (Å²) in [6.07, 6.45) is 12.2. The largest absolute Gasteiger partial charge is 0.512 e. The Hall–Kier alpha value is -1.74. The number of ketones is 2. The van der Waals surface area contributed by atoms with Gasteiger partial charge in [-0.25, -0.2) is 0 Å². The summed E-state index contributed by atoms with van der Waals surface area (Å²) in [4.78, 5) is 28.7. The lowest BCUT2D eigenvalue weighted by Crippen LogP contribution is -2.95. The van der Waals surface area contributed by atoms with Gasteiger partial charge in [0.15, 0.2) is 12.1 Å². The molecule has 0 aromatic heterocycles. The van der Waals surface area contributed by atoms with Crippen LogP contribution < -0.4 is 11.1 Å². The molecule has 2 saturated heterocycles. The van der Waals surface area contributed by atoms with Crippen molar-refractivity contribution in [3.63, 3.8) is 0 Å². The molecule has 8 rings (SSSR count). The van der Waals surface area contributed by atoms with Crippen molar-refractivity contribution in [1.29, 1.82) is 0 Å². The molecule has 6 aliphatic carbocycles. The summed E-state index contributed by atoms with van der Waals surface area (Å²) in [5.74, 6) is -2.90. The first kappa shape index (κ1) is 40.1. The summed E-state index contributed by atoms with van der Waals surface area (Å²) in [6, 6.07) is 0. The Balaban J connectivity index is 1.02. The van der Waals surface area contributed by atoms with Crippen LogP contribution in [-0.2, 0) is 19.1 Å². The van der Waals surface area contributed by atoms with Gasteiger partial charge in [-0.15, -0.1) is 0 Å². The molecule has 0 aromatic rings. The maximum Gasteiger partial charge on any atom is 0.187 e. The van der Waals surface area contributed by atoms with Crippen molar-refractivity contribution < 1.29 is 55.0 Å². The number of nitrogens with two attached hydrogens (primary N) is 2. The number of carbonyl (C=O) groups excluding carboxylic acids is 2. The van der Waals surface area contributed by atoms with Gasteiger partial charge in [-0.2, -0.15) is 0 Å². The van der Waals surface area contributed by atoms with Gasteiger partial charge in [0.2, 0.25) is 0 Å². The van der Waals surface area contributed by atoms with E-state index in [1.165, 1.54) is 12.8 Å². The molecule has 15 unspecified atom stereocenters. The summed E-state index contributed by atoms with van der Waals surface area (Å²) in [5, 5.41) is 70.2. The fraction of sp³-hybridized carbons (Fsp3) is 0.860. The minimum atomic E-state index is -2.07. The second-order valence-corrected chi connectivity index (χ2v) is 19.6. The third-order valence-corrected chi connectivity index (χ3v) is 16.3. The van der Waals surface area contributed by atoms with Gasteiger partial charge in [0.25, 0.3) is 0 Å². The molecule has 8 aliphatic rings. The summed E-state index contributed by atoms with van der Waals surface area (Å²) >= 11 is 0. The van der Waals surface area contributed by atoms with E-state index in [0.717, 1.165) is 82.7 Å². The smallest absolute Gasteiger partial charge is 0.187 e. The molecule has 0 radical (unpaired) electrons. The number of piperidine rings is 1. The van der Waals surface area contributed by atoms with E-state index in [1.807, 2.05) is 6.08 Å². The first-order valence-electron chi connectivity index (χ1n) is 21.8. The zero-order chi connectivity index (χ0) is 38.7. The Morgan fingerprint density at radius 3 is 2.40 bits per heavy atom. The second kappa shape index (κ2) is 15.8. The Kier molecular flexibility index (Phi) is 11.5. The average Bonchev–Trinajstić information content (AvgIpc) is 3.80. The Labute approximate surface area is 325 Å². The maximum atomic E-state index is 14.4. The third-order valence-electron chi connectivity index (χ3n) is 16.3. The van der Waals surface area contributed by atoms with Crippen LogP contribution in [0.5, 0.6) is 0 Å². The SMILES string of the molecule is NC1CC(C2(CC3(O)C(O)C(CO)OC(OC4CCCC5C(=O)C6C=C(CC7CCCC(CO)C7)C=C(O)C6C(=O)C45)C3O)CCC3(CCCC3)C2)CC[NH2+]1. The number of aliphatic hydroxyl groups excluding tert-OH is 5. The van der Waals surface area contributed by atoms with Gasteiger partial charge in [-0.3, -0.25) is 15.3 Å². The topological polar surface area (TPSA) is 217 Å². The number of aliphatic hydroxyl groups is 6. The first-order chi connectivity index (χ1) is 26.4. The van der Waals surface area contributed by atoms with Crippen molar-refractivity contribution in [2.24, 2.45) is 58.0 Å². The van der Waals surface area contributed by atoms with E-state index < -0.39 is 66.6 Å². The van der Waals surface area contributed by atoms with Gasteiger partial charge in [0, 0.05) is 25.4 Å². The molecular weight excluding hydrogens is 704 g/mol. The van der Waals surface area contributed by atoms with Gasteiger partial charge in [0.1, 0.15) is 41.6 Å². The highest BCUT2D eigenvalue weighted by Gasteiger charge is 2.63. The van der Waals surface area contributed by atoms with Crippen molar-refractivity contribution in [2.45, 2.75) is 158 Å². The van der Waals surface area contributed by atoms with Crippen LogP contribution in [0.1, 0.15) is 116 Å². The molecular formula is C43H67N2O10+. The predicted molar refractivity (Wildman–Crippen MR) is 201 cm³/mol. The van der Waals surface area contributed by atoms with Gasteiger partial charge >= 0.3 is 0 Å². The lowest BCUT2D eigenvalue weighted by molar-refractivity contribution is -0.700. The standard InChI is InChI=1S/C43H66N2O10/c44-33-19-27(9-14-45-33)42(13-12-41(22-42)10-1-2-11-41)23-43(53)38(51)32(21-47)55-40(39(43)52)54-31-8-4-7-28-35(31)37(50)34-29(36(28)49)17-26(18-30(34)48)16-24-5-3-6-25(15-24)20-46/h17-18,24-25,27-29,31-35,38-40,45-48,51-53H,1-16,19-23,44H2/p+1. The van der Waals surface area contributed by atoms with Gasteiger partial charge in [-0.05, 0) is 111 Å². The molecule has 2 aliphatic heterocycles. The molecule has 1 spiro atoms. The van der Waals surface area contributed by atoms with Crippen molar-refractivity contribution in [1.82, 2.24) is 0 Å². The van der Waals surface area contributed by atoms with E-state index in [-0.39, 0.29) is 59.2 Å². The van der Waals surface area contributed by atoms with Crippen molar-refractivity contribution in [3.05, 3.63) is 23.5 Å². The lowest BCUT2D eigenvalue weighted by Gasteiger charge is -2.54. The number of fused-ring (bicyclic) bond motifs is 2. The fourth-order valence-corrected chi connectivity index (χ4v) is 13.6. The molecule has 12 nitrogen and oxygen atoms in total. The maximum absolute atomic E-state index is 14.4. The highest BCUT2D eigenvalue weighted by Crippen LogP contribution is 2.64. The number of ether oxygens (including phenoxy) is 2. The molecule has 7 fully saturated rings. The zero-order valence-corrected chi connectivity index (χ0v) is 32.5. The number of hydrogen-bond donors (Lipinski definition) is 8. The average molecular weight is 772 g/mol. The monoisotopic (exact) mass is 771 g/mol. The van der Waals surface area contributed by atoms with Crippen LogP contribution >= 0.6 is 0 Å². The quantitative estimate of drug-likeness (QED) is 0.170. The van der Waals surface area contributed by atoms with Crippen molar-refractivity contribution in [3.8, 4) is 0 Å². The molecule has 0 bridgehead atoms. The highest BCUT2D eigenvalue weighted by atomic mass is 16.7. The van der Waals surface area contributed by atoms with E-state index in [4.69, 9.17) is 15.2 Å². The number of allylic oxidation sites excluding steroid dienone is 4. The fourth-order valence-electron chi connectivity index (χ4n) is 13.6. The van der Waals surface area contributed by atoms with Crippen LogP contribution in [0.25, 0.3) is 0 Å². The molecule has 5 saturated carbocycles. The molecule has 10 N–H and O–H groups in total. The first-order valence-corrected chi connectivity index (χ1v) is 21.8. The van der Waals surface area contributed by atoms with E-state index in [9.17, 15) is 40.2 Å². The lowest BCUT2D eigenvalue weighted by atomic mass is 9.59. The molecule has 12 heteroatoms. The molecule has 0 amide bonds. The minimum Gasteiger partial charge on any atom is -0.512 e. The predicted octanol–water partition coefficient (Wildman–Crippen LogP) is 2.29. The minimum absolute atomic E-state index is 0.0529. The van der Waals surface area contributed by atoms with Gasteiger partial charge in [0.05, 0.1) is 37.0 Å². The number of Topliss-reactive ketones (excluding diaryl/α,β-unsaturated/α-hetero) is 2. The van der Waals surface area contributed by atoms with E-state index >= 15 is 0 Å². The van der Waals surface area contributed by atoms with Crippen LogP contribution in [0.2, 0.25) is 0 Å². The molecule has 2 heterocycles. The van der Waals surface area contributed by atoms with E-state index in [2.05, 4.69) is 5.32 Å². The van der Waals surface area contributed by atoms with E-state index in [1.54, 1.807) is 6.08 Å². The normalized spacial score (nSPS) is 47.3. The van der Waals surface area contributed by atoms with Crippen molar-refractivity contribution >= 4 is 11.6 Å². The van der Waals surface area contributed by atoms with Crippen LogP contribution in [0.3, 0.4) is 0 Å².